The van der Waals surface area contributed by atoms with Crippen molar-refractivity contribution >= 4 is 23.2 Å². The lowest BCUT2D eigenvalue weighted by molar-refractivity contribution is -0.127. The molecule has 8 nitrogen and oxygen atoms in total. The number of nitrogens with zero attached hydrogens (tertiary/aromatic N) is 1. The van der Waals surface area contributed by atoms with Crippen molar-refractivity contribution in [1.29, 1.82) is 0 Å². The Kier molecular flexibility index (Phi) is 7.91. The highest BCUT2D eigenvalue weighted by Gasteiger charge is 2.37. The number of fused-ring (bicyclic) bond motifs is 1. The number of benzene rings is 2. The lowest BCUT2D eigenvalue weighted by Gasteiger charge is -2.27. The molecule has 2 aromatic carbocycles. The van der Waals surface area contributed by atoms with Gasteiger partial charge >= 0.3 is 0 Å². The number of nitrogens with one attached hydrogen (secondary N) is 1. The third kappa shape index (κ3) is 5.21. The van der Waals surface area contributed by atoms with Crippen LogP contribution < -0.4 is 29.2 Å². The van der Waals surface area contributed by atoms with Crippen molar-refractivity contribution < 1.29 is 28.5 Å². The number of carbonyl (C=O) groups excluding carboxylic acids is 2. The van der Waals surface area contributed by atoms with Gasteiger partial charge in [0.2, 0.25) is 11.7 Å². The van der Waals surface area contributed by atoms with Crippen molar-refractivity contribution in [1.82, 2.24) is 0 Å². The average molecular weight is 471 g/mol. The van der Waals surface area contributed by atoms with Crippen LogP contribution in [0.2, 0.25) is 0 Å². The van der Waals surface area contributed by atoms with Gasteiger partial charge in [0.25, 0.3) is 5.91 Å². The third-order valence-corrected chi connectivity index (χ3v) is 5.41. The number of anilines is 2. The van der Waals surface area contributed by atoms with Gasteiger partial charge in [0.05, 0.1) is 30.9 Å². The van der Waals surface area contributed by atoms with Crippen molar-refractivity contribution in [3.05, 3.63) is 35.9 Å². The molecule has 3 rings (SSSR count). The van der Waals surface area contributed by atoms with Crippen LogP contribution in [0.5, 0.6) is 23.0 Å². The summed E-state index contributed by atoms with van der Waals surface area (Å²) < 4.78 is 23.1. The summed E-state index contributed by atoms with van der Waals surface area (Å²) in [5, 5.41) is 2.91. The van der Waals surface area contributed by atoms with Crippen LogP contribution >= 0.6 is 0 Å². The van der Waals surface area contributed by atoms with Gasteiger partial charge < -0.3 is 29.2 Å². The first kappa shape index (κ1) is 25.2. The van der Waals surface area contributed by atoms with Crippen molar-refractivity contribution in [2.75, 3.05) is 43.2 Å². The van der Waals surface area contributed by atoms with Crippen LogP contribution in [0, 0.1) is 5.41 Å². The molecule has 0 saturated carbocycles. The summed E-state index contributed by atoms with van der Waals surface area (Å²) in [6.45, 7) is 13.3. The quantitative estimate of drug-likeness (QED) is 0.561. The maximum atomic E-state index is 13.2. The molecule has 0 atom stereocenters. The van der Waals surface area contributed by atoms with Gasteiger partial charge in [-0.2, -0.15) is 0 Å². The van der Waals surface area contributed by atoms with Gasteiger partial charge in [-0.3, -0.25) is 9.59 Å². The fourth-order valence-electron chi connectivity index (χ4n) is 3.76. The van der Waals surface area contributed by atoms with Gasteiger partial charge in [0.1, 0.15) is 12.4 Å². The average Bonchev–Trinajstić information content (AvgIpc) is 2.89. The van der Waals surface area contributed by atoms with E-state index in [0.717, 1.165) is 0 Å². The highest BCUT2D eigenvalue weighted by molar-refractivity contribution is 6.06. The molecule has 0 aliphatic carbocycles. The summed E-state index contributed by atoms with van der Waals surface area (Å²) in [5.41, 5.74) is 0.897. The maximum Gasteiger partial charge on any atom is 0.255 e. The molecule has 2 amide bonds. The summed E-state index contributed by atoms with van der Waals surface area (Å²) in [6, 6.07) is 8.58. The highest BCUT2D eigenvalue weighted by atomic mass is 16.5. The predicted molar refractivity (Wildman–Crippen MR) is 132 cm³/mol. The Bertz CT molecular complexity index is 1020. The minimum atomic E-state index is -0.647. The van der Waals surface area contributed by atoms with Gasteiger partial charge in [-0.1, -0.05) is 0 Å². The van der Waals surface area contributed by atoms with Gasteiger partial charge in [0, 0.05) is 17.8 Å². The van der Waals surface area contributed by atoms with Crippen LogP contribution in [0.1, 0.15) is 51.9 Å². The Morgan fingerprint density at radius 3 is 2.18 bits per heavy atom. The van der Waals surface area contributed by atoms with Crippen LogP contribution in [-0.2, 0) is 4.79 Å². The molecule has 8 heteroatoms. The molecular weight excluding hydrogens is 436 g/mol. The summed E-state index contributed by atoms with van der Waals surface area (Å²) in [4.78, 5) is 27.9. The van der Waals surface area contributed by atoms with Crippen molar-refractivity contribution in [2.24, 2.45) is 5.41 Å². The monoisotopic (exact) mass is 470 g/mol. The normalized spacial score (nSPS) is 14.5. The molecule has 0 fully saturated rings. The fraction of sp³-hybridized carbons (Fsp3) is 0.462. The zero-order valence-corrected chi connectivity index (χ0v) is 20.8. The second-order valence-electron chi connectivity index (χ2n) is 8.46. The van der Waals surface area contributed by atoms with Crippen LogP contribution in [0.25, 0.3) is 0 Å². The molecule has 0 unspecified atom stereocenters. The Balaban J connectivity index is 1.94. The van der Waals surface area contributed by atoms with Gasteiger partial charge in [-0.15, -0.1) is 0 Å². The number of hydrogen-bond acceptors (Lipinski definition) is 6. The molecule has 1 aliphatic rings. The number of amides is 2. The largest absolute Gasteiger partial charge is 0.490 e. The predicted octanol–water partition coefficient (Wildman–Crippen LogP) is 4.91. The first-order valence-electron chi connectivity index (χ1n) is 11.7. The van der Waals surface area contributed by atoms with Crippen LogP contribution in [0.4, 0.5) is 11.4 Å². The maximum absolute atomic E-state index is 13.2. The first-order chi connectivity index (χ1) is 16.2. The lowest BCUT2D eigenvalue weighted by atomic mass is 9.93. The Hall–Kier alpha value is -3.42. The Morgan fingerprint density at radius 2 is 1.62 bits per heavy atom. The van der Waals surface area contributed by atoms with E-state index in [-0.39, 0.29) is 18.4 Å². The van der Waals surface area contributed by atoms with Crippen LogP contribution in [0.3, 0.4) is 0 Å². The minimum absolute atomic E-state index is 0.0218. The van der Waals surface area contributed by atoms with E-state index < -0.39 is 5.41 Å². The van der Waals surface area contributed by atoms with Crippen molar-refractivity contribution in [3.63, 3.8) is 0 Å². The van der Waals surface area contributed by atoms with Gasteiger partial charge in [-0.25, -0.2) is 0 Å². The van der Waals surface area contributed by atoms with Crippen LogP contribution in [0.15, 0.2) is 30.3 Å². The molecule has 0 aromatic heterocycles. The number of carbonyl (C=O) groups is 2. The number of rotatable bonds is 9. The van der Waals surface area contributed by atoms with E-state index in [2.05, 4.69) is 5.32 Å². The van der Waals surface area contributed by atoms with E-state index in [1.165, 1.54) is 0 Å². The second kappa shape index (κ2) is 10.7. The molecule has 0 spiro atoms. The molecule has 2 aromatic rings. The standard InChI is InChI=1S/C26H34N2O6/c1-7-28-19-15-18(11-12-20(19)34-16-26(5,6)25(28)30)27-24(29)17-13-21(31-8-2)23(33-10-4)22(14-17)32-9-3/h11-15H,7-10,16H2,1-6H3,(H,27,29). The molecule has 1 N–H and O–H groups in total. The summed E-state index contributed by atoms with van der Waals surface area (Å²) >= 11 is 0. The molecule has 0 bridgehead atoms. The molecular formula is C26H34N2O6. The second-order valence-corrected chi connectivity index (χ2v) is 8.46. The SMILES string of the molecule is CCOc1cc(C(=O)Nc2ccc3c(c2)N(CC)C(=O)C(C)(C)CO3)cc(OCC)c1OCC. The van der Waals surface area contributed by atoms with E-state index in [1.54, 1.807) is 35.2 Å². The zero-order valence-electron chi connectivity index (χ0n) is 20.8. The van der Waals surface area contributed by atoms with E-state index in [9.17, 15) is 9.59 Å². The molecule has 1 aliphatic heterocycles. The first-order valence-corrected chi connectivity index (χ1v) is 11.7. The Labute approximate surface area is 201 Å². The molecule has 184 valence electrons. The van der Waals surface area contributed by atoms with Crippen molar-refractivity contribution in [2.45, 2.75) is 41.5 Å². The third-order valence-electron chi connectivity index (χ3n) is 5.41. The zero-order chi connectivity index (χ0) is 24.9. The molecule has 34 heavy (non-hydrogen) atoms. The van der Waals surface area contributed by atoms with Gasteiger partial charge in [-0.05, 0) is 71.9 Å². The van der Waals surface area contributed by atoms with Gasteiger partial charge in [0.15, 0.2) is 11.5 Å². The summed E-state index contributed by atoms with van der Waals surface area (Å²) in [6.07, 6.45) is 0. The van der Waals surface area contributed by atoms with E-state index in [1.807, 2.05) is 41.5 Å². The number of hydrogen-bond donors (Lipinski definition) is 1. The minimum Gasteiger partial charge on any atom is -0.490 e. The smallest absolute Gasteiger partial charge is 0.255 e. The van der Waals surface area contributed by atoms with E-state index in [0.29, 0.717) is 66.3 Å². The molecule has 0 saturated heterocycles. The Morgan fingerprint density at radius 1 is 1.00 bits per heavy atom. The summed E-state index contributed by atoms with van der Waals surface area (Å²) in [5.74, 6) is 1.61. The lowest BCUT2D eigenvalue weighted by Crippen LogP contribution is -2.42. The highest BCUT2D eigenvalue weighted by Crippen LogP contribution is 2.40. The topological polar surface area (TPSA) is 86.3 Å². The number of ether oxygens (including phenoxy) is 4. The van der Waals surface area contributed by atoms with Crippen molar-refractivity contribution in [3.8, 4) is 23.0 Å². The van der Waals surface area contributed by atoms with E-state index in [4.69, 9.17) is 18.9 Å². The molecule has 0 radical (unpaired) electrons. The van der Waals surface area contributed by atoms with Crippen LogP contribution in [-0.4, -0.2) is 44.8 Å². The van der Waals surface area contributed by atoms with E-state index >= 15 is 0 Å². The summed E-state index contributed by atoms with van der Waals surface area (Å²) in [7, 11) is 0. The molecule has 1 heterocycles. The fourth-order valence-corrected chi connectivity index (χ4v) is 3.76.